The second-order valence-electron chi connectivity index (χ2n) is 6.47. The van der Waals surface area contributed by atoms with Crippen LogP contribution in [0.1, 0.15) is 36.8 Å². The highest BCUT2D eigenvalue weighted by molar-refractivity contribution is 5.88. The maximum atomic E-state index is 12.6. The van der Waals surface area contributed by atoms with Gasteiger partial charge in [-0.2, -0.15) is 0 Å². The van der Waals surface area contributed by atoms with Crippen molar-refractivity contribution < 1.29 is 19.1 Å². The lowest BCUT2D eigenvalue weighted by Gasteiger charge is -2.27. The summed E-state index contributed by atoms with van der Waals surface area (Å²) in [6.45, 7) is 5.66. The van der Waals surface area contributed by atoms with Crippen molar-refractivity contribution in [3.63, 3.8) is 0 Å². The normalized spacial score (nSPS) is 10.9. The molecule has 0 fully saturated rings. The molecule has 6 nitrogen and oxygen atoms in total. The first-order valence-electron chi connectivity index (χ1n) is 7.87. The average Bonchev–Trinajstić information content (AvgIpc) is 2.59. The molecule has 0 saturated heterocycles. The molecule has 0 bridgehead atoms. The van der Waals surface area contributed by atoms with E-state index in [0.29, 0.717) is 22.7 Å². The molecule has 0 saturated carbocycles. The number of aldehydes is 1. The second-order valence-corrected chi connectivity index (χ2v) is 6.47. The molecule has 2 aromatic rings. The minimum atomic E-state index is -0.620. The van der Waals surface area contributed by atoms with E-state index in [1.165, 1.54) is 4.90 Å². The third-order valence-electron chi connectivity index (χ3n) is 3.31. The molecule has 0 unspecified atom stereocenters. The van der Waals surface area contributed by atoms with Crippen molar-refractivity contribution >= 4 is 18.1 Å². The summed E-state index contributed by atoms with van der Waals surface area (Å²) in [5, 5.41) is 0. The van der Waals surface area contributed by atoms with E-state index in [1.54, 1.807) is 49.7 Å². The average molecular weight is 342 g/mol. The fourth-order valence-corrected chi connectivity index (χ4v) is 2.10. The Bertz CT molecular complexity index is 719. The van der Waals surface area contributed by atoms with Gasteiger partial charge in [-0.1, -0.05) is 0 Å². The highest BCUT2D eigenvalue weighted by atomic mass is 16.6. The fraction of sp³-hybridized carbons (Fsp3) is 0.316. The number of nitrogens with zero attached hydrogens (tertiary/aromatic N) is 2. The molecule has 0 aliphatic rings. The van der Waals surface area contributed by atoms with Crippen LogP contribution in [0.25, 0.3) is 0 Å². The number of benzene rings is 1. The monoisotopic (exact) mass is 342 g/mol. The van der Waals surface area contributed by atoms with Gasteiger partial charge in [0.1, 0.15) is 17.6 Å². The number of aromatic nitrogens is 1. The summed E-state index contributed by atoms with van der Waals surface area (Å²) in [4.78, 5) is 29.2. The molecule has 0 radical (unpaired) electrons. The lowest BCUT2D eigenvalue weighted by molar-refractivity contribution is 0.0577. The molecule has 132 valence electrons. The van der Waals surface area contributed by atoms with Crippen LogP contribution in [-0.4, -0.2) is 30.1 Å². The summed E-state index contributed by atoms with van der Waals surface area (Å²) in [5.41, 5.74) is 1.23. The van der Waals surface area contributed by atoms with Crippen molar-refractivity contribution in [3.05, 3.63) is 53.9 Å². The summed E-state index contributed by atoms with van der Waals surface area (Å²) in [6, 6.07) is 10.3. The summed E-state index contributed by atoms with van der Waals surface area (Å²) in [5.74, 6) is 0.642. The van der Waals surface area contributed by atoms with Crippen LogP contribution >= 0.6 is 0 Å². The van der Waals surface area contributed by atoms with Crippen LogP contribution in [0.4, 0.5) is 10.5 Å². The molecule has 1 heterocycles. The Hall–Kier alpha value is -2.89. The van der Waals surface area contributed by atoms with E-state index in [-0.39, 0.29) is 6.54 Å². The van der Waals surface area contributed by atoms with Crippen LogP contribution in [-0.2, 0) is 11.3 Å². The Balaban J connectivity index is 2.29. The highest BCUT2D eigenvalue weighted by Gasteiger charge is 2.24. The molecule has 0 spiro atoms. The van der Waals surface area contributed by atoms with Gasteiger partial charge in [0.15, 0.2) is 0 Å². The number of pyridine rings is 1. The van der Waals surface area contributed by atoms with Crippen LogP contribution < -0.4 is 9.64 Å². The van der Waals surface area contributed by atoms with Crippen LogP contribution in [0.3, 0.4) is 0 Å². The van der Waals surface area contributed by atoms with Crippen molar-refractivity contribution in [2.45, 2.75) is 32.9 Å². The molecule has 6 heteroatoms. The molecule has 0 N–H and O–H groups in total. The lowest BCUT2D eigenvalue weighted by Crippen LogP contribution is -2.36. The van der Waals surface area contributed by atoms with Gasteiger partial charge < -0.3 is 9.47 Å². The molecular formula is C19H22N2O4. The van der Waals surface area contributed by atoms with Crippen molar-refractivity contribution in [3.8, 4) is 5.75 Å². The molecule has 25 heavy (non-hydrogen) atoms. The first kappa shape index (κ1) is 18.4. The van der Waals surface area contributed by atoms with Gasteiger partial charge in [0.25, 0.3) is 0 Å². The number of anilines is 1. The van der Waals surface area contributed by atoms with Crippen molar-refractivity contribution in [1.29, 1.82) is 0 Å². The SMILES string of the molecule is COc1ccc(CN(C(=O)OC(C)(C)C)c2ccc(C=O)cc2)nc1. The zero-order valence-corrected chi connectivity index (χ0v) is 14.9. The highest BCUT2D eigenvalue weighted by Crippen LogP contribution is 2.21. The maximum absolute atomic E-state index is 12.6. The molecule has 2 rings (SSSR count). The molecule has 1 aromatic carbocycles. The van der Waals surface area contributed by atoms with E-state index in [4.69, 9.17) is 9.47 Å². The predicted octanol–water partition coefficient (Wildman–Crippen LogP) is 3.84. The Morgan fingerprint density at radius 2 is 1.84 bits per heavy atom. The standard InChI is InChI=1S/C19H22N2O4/c1-19(2,3)25-18(23)21(16-8-5-14(13-22)6-9-16)12-15-7-10-17(24-4)11-20-15/h5-11,13H,12H2,1-4H3. The number of amides is 1. The van der Waals surface area contributed by atoms with Crippen molar-refractivity contribution in [1.82, 2.24) is 4.98 Å². The fourth-order valence-electron chi connectivity index (χ4n) is 2.10. The van der Waals surface area contributed by atoms with Gasteiger partial charge in [0.2, 0.25) is 0 Å². The molecular weight excluding hydrogens is 320 g/mol. The molecule has 0 aliphatic heterocycles. The maximum Gasteiger partial charge on any atom is 0.415 e. The number of methoxy groups -OCH3 is 1. The van der Waals surface area contributed by atoms with Crippen LogP contribution in [0.2, 0.25) is 0 Å². The zero-order chi connectivity index (χ0) is 18.4. The summed E-state index contributed by atoms with van der Waals surface area (Å²) in [7, 11) is 1.57. The van der Waals surface area contributed by atoms with Gasteiger partial charge in [-0.15, -0.1) is 0 Å². The van der Waals surface area contributed by atoms with E-state index in [2.05, 4.69) is 4.98 Å². The first-order chi connectivity index (χ1) is 11.8. The second kappa shape index (κ2) is 7.79. The summed E-state index contributed by atoms with van der Waals surface area (Å²) >= 11 is 0. The Kier molecular flexibility index (Phi) is 5.75. The van der Waals surface area contributed by atoms with E-state index >= 15 is 0 Å². The summed E-state index contributed by atoms with van der Waals surface area (Å²) < 4.78 is 10.6. The third kappa shape index (κ3) is 5.31. The van der Waals surface area contributed by atoms with Gasteiger partial charge >= 0.3 is 6.09 Å². The van der Waals surface area contributed by atoms with Crippen molar-refractivity contribution in [2.24, 2.45) is 0 Å². The topological polar surface area (TPSA) is 68.7 Å². The molecule has 0 aliphatic carbocycles. The molecule has 1 aromatic heterocycles. The smallest absolute Gasteiger partial charge is 0.415 e. The van der Waals surface area contributed by atoms with Gasteiger partial charge in [-0.05, 0) is 57.2 Å². The predicted molar refractivity (Wildman–Crippen MR) is 95.0 cm³/mol. The number of carbonyl (C=O) groups excluding carboxylic acids is 2. The van der Waals surface area contributed by atoms with Gasteiger partial charge in [0, 0.05) is 11.3 Å². The minimum absolute atomic E-state index is 0.235. The van der Waals surface area contributed by atoms with E-state index in [0.717, 1.165) is 6.29 Å². The van der Waals surface area contributed by atoms with Crippen LogP contribution in [0.5, 0.6) is 5.75 Å². The van der Waals surface area contributed by atoms with Crippen LogP contribution in [0.15, 0.2) is 42.6 Å². The van der Waals surface area contributed by atoms with Crippen molar-refractivity contribution in [2.75, 3.05) is 12.0 Å². The quantitative estimate of drug-likeness (QED) is 0.772. The number of carbonyl (C=O) groups is 2. The van der Waals surface area contributed by atoms with Gasteiger partial charge in [0.05, 0.1) is 25.5 Å². The van der Waals surface area contributed by atoms with E-state index in [9.17, 15) is 9.59 Å². The number of ether oxygens (including phenoxy) is 2. The van der Waals surface area contributed by atoms with E-state index < -0.39 is 11.7 Å². The number of rotatable bonds is 5. The largest absolute Gasteiger partial charge is 0.495 e. The minimum Gasteiger partial charge on any atom is -0.495 e. The molecule has 0 atom stereocenters. The summed E-state index contributed by atoms with van der Waals surface area (Å²) in [6.07, 6.45) is 1.87. The lowest BCUT2D eigenvalue weighted by atomic mass is 10.2. The molecule has 1 amide bonds. The first-order valence-corrected chi connectivity index (χ1v) is 7.87. The Labute approximate surface area is 147 Å². The third-order valence-corrected chi connectivity index (χ3v) is 3.31. The van der Waals surface area contributed by atoms with E-state index in [1.807, 2.05) is 20.8 Å². The number of hydrogen-bond acceptors (Lipinski definition) is 5. The zero-order valence-electron chi connectivity index (χ0n) is 14.9. The van der Waals surface area contributed by atoms with Gasteiger partial charge in [-0.3, -0.25) is 14.7 Å². The van der Waals surface area contributed by atoms with Crippen LogP contribution in [0, 0.1) is 0 Å². The Morgan fingerprint density at radius 1 is 1.16 bits per heavy atom. The van der Waals surface area contributed by atoms with Gasteiger partial charge in [-0.25, -0.2) is 4.79 Å². The Morgan fingerprint density at radius 3 is 2.32 bits per heavy atom. The number of hydrogen-bond donors (Lipinski definition) is 0.